The molecule has 0 aliphatic rings. The monoisotopic (exact) mass is 288 g/mol. The quantitative estimate of drug-likeness (QED) is 0.374. The van der Waals surface area contributed by atoms with Crippen LogP contribution in [0.15, 0.2) is 12.1 Å². The number of ether oxygens (including phenoxy) is 1. The van der Waals surface area contributed by atoms with E-state index in [-0.39, 0.29) is 24.2 Å². The smallest absolute Gasteiger partial charge is 0.254 e. The Morgan fingerprint density at radius 1 is 1.58 bits per heavy atom. The molecular formula is C11H17ClN4O3. The van der Waals surface area contributed by atoms with Crippen LogP contribution in [0.2, 0.25) is 5.15 Å². The summed E-state index contributed by atoms with van der Waals surface area (Å²) in [4.78, 5) is 17.6. The number of halogens is 1. The van der Waals surface area contributed by atoms with Crippen LogP contribution in [-0.4, -0.2) is 54.3 Å². The summed E-state index contributed by atoms with van der Waals surface area (Å²) in [5, 5.41) is 9.14. The second-order valence-electron chi connectivity index (χ2n) is 3.72. The first kappa shape index (κ1) is 15.6. The van der Waals surface area contributed by atoms with Crippen LogP contribution in [0.3, 0.4) is 0 Å². The van der Waals surface area contributed by atoms with E-state index >= 15 is 0 Å². The number of hydrazine groups is 1. The highest BCUT2D eigenvalue weighted by molar-refractivity contribution is 6.29. The Labute approximate surface area is 116 Å². The number of amides is 1. The Kier molecular flexibility index (Phi) is 6.51. The van der Waals surface area contributed by atoms with Crippen LogP contribution in [0.5, 0.6) is 0 Å². The molecule has 1 heterocycles. The lowest BCUT2D eigenvalue weighted by molar-refractivity contribution is 0.0656. The Bertz CT molecular complexity index is 430. The van der Waals surface area contributed by atoms with Crippen molar-refractivity contribution in [2.45, 2.75) is 0 Å². The number of anilines is 1. The maximum absolute atomic E-state index is 12.3. The zero-order valence-electron chi connectivity index (χ0n) is 10.6. The first-order valence-corrected chi connectivity index (χ1v) is 6.03. The molecule has 0 aliphatic carbocycles. The summed E-state index contributed by atoms with van der Waals surface area (Å²) in [5.41, 5.74) is 2.68. The third-order valence-electron chi connectivity index (χ3n) is 2.41. The van der Waals surface area contributed by atoms with Gasteiger partial charge in [-0.15, -0.1) is 0 Å². The third kappa shape index (κ3) is 4.64. The number of pyridine rings is 1. The first-order chi connectivity index (χ1) is 9.12. The fourth-order valence-electron chi connectivity index (χ4n) is 1.51. The Morgan fingerprint density at radius 2 is 2.32 bits per heavy atom. The molecule has 7 nitrogen and oxygen atoms in total. The fourth-order valence-corrected chi connectivity index (χ4v) is 1.72. The summed E-state index contributed by atoms with van der Waals surface area (Å²) >= 11 is 5.81. The number of carbonyl (C=O) groups excluding carboxylic acids is 1. The standard InChI is InChI=1S/C11H17ClN4O3/c1-19-5-3-16(2-4-17)11(18)8-6-9(12)14-10(7-8)15-13/h6-7,17H,2-5,13H2,1H3,(H,14,15). The van der Waals surface area contributed by atoms with Crippen LogP contribution in [0, 0.1) is 0 Å². The van der Waals surface area contributed by atoms with E-state index in [9.17, 15) is 4.79 Å². The second-order valence-corrected chi connectivity index (χ2v) is 4.10. The average Bonchev–Trinajstić information content (AvgIpc) is 2.41. The highest BCUT2D eigenvalue weighted by Crippen LogP contribution is 2.15. The number of nitrogens with one attached hydrogen (secondary N) is 1. The maximum atomic E-state index is 12.3. The highest BCUT2D eigenvalue weighted by atomic mass is 35.5. The summed E-state index contributed by atoms with van der Waals surface area (Å²) < 4.78 is 4.93. The largest absolute Gasteiger partial charge is 0.395 e. The molecule has 0 bridgehead atoms. The van der Waals surface area contributed by atoms with E-state index in [4.69, 9.17) is 27.3 Å². The average molecular weight is 289 g/mol. The van der Waals surface area contributed by atoms with Gasteiger partial charge in [0.15, 0.2) is 0 Å². The molecule has 0 atom stereocenters. The van der Waals surface area contributed by atoms with Crippen LogP contribution in [0.1, 0.15) is 10.4 Å². The van der Waals surface area contributed by atoms with Crippen molar-refractivity contribution in [3.8, 4) is 0 Å². The van der Waals surface area contributed by atoms with E-state index in [0.29, 0.717) is 24.5 Å². The number of nitrogens with two attached hydrogens (primary N) is 1. The normalized spacial score (nSPS) is 10.3. The molecule has 1 aromatic rings. The Morgan fingerprint density at radius 3 is 2.89 bits per heavy atom. The fraction of sp³-hybridized carbons (Fsp3) is 0.455. The number of methoxy groups -OCH3 is 1. The summed E-state index contributed by atoms with van der Waals surface area (Å²) in [5.74, 6) is 5.27. The lowest BCUT2D eigenvalue weighted by Gasteiger charge is -2.21. The number of hydrogen-bond acceptors (Lipinski definition) is 6. The predicted octanol–water partition coefficient (Wildman–Crippen LogP) is 0.101. The zero-order chi connectivity index (χ0) is 14.3. The lowest BCUT2D eigenvalue weighted by atomic mass is 10.2. The van der Waals surface area contributed by atoms with Crippen molar-refractivity contribution >= 4 is 23.3 Å². The Hall–Kier alpha value is -1.41. The molecule has 1 aromatic heterocycles. The zero-order valence-corrected chi connectivity index (χ0v) is 11.4. The van der Waals surface area contributed by atoms with E-state index in [2.05, 4.69) is 10.4 Å². The highest BCUT2D eigenvalue weighted by Gasteiger charge is 2.16. The summed E-state index contributed by atoms with van der Waals surface area (Å²) in [6.07, 6.45) is 0. The van der Waals surface area contributed by atoms with Crippen molar-refractivity contribution in [2.24, 2.45) is 5.84 Å². The second kappa shape index (κ2) is 7.90. The molecule has 8 heteroatoms. The molecule has 0 aromatic carbocycles. The van der Waals surface area contributed by atoms with Crippen LogP contribution in [0.4, 0.5) is 5.82 Å². The molecule has 0 spiro atoms. The topological polar surface area (TPSA) is 101 Å². The van der Waals surface area contributed by atoms with Gasteiger partial charge in [0.05, 0.1) is 13.2 Å². The molecular weight excluding hydrogens is 272 g/mol. The van der Waals surface area contributed by atoms with Crippen LogP contribution >= 0.6 is 11.6 Å². The van der Waals surface area contributed by atoms with E-state index in [0.717, 1.165) is 0 Å². The molecule has 106 valence electrons. The SMILES string of the molecule is COCCN(CCO)C(=O)c1cc(Cl)nc(NN)c1. The molecule has 0 radical (unpaired) electrons. The third-order valence-corrected chi connectivity index (χ3v) is 2.61. The van der Waals surface area contributed by atoms with Gasteiger partial charge in [0.25, 0.3) is 5.91 Å². The van der Waals surface area contributed by atoms with E-state index in [1.165, 1.54) is 17.0 Å². The number of carbonyl (C=O) groups is 1. The van der Waals surface area contributed by atoms with Gasteiger partial charge in [-0.25, -0.2) is 10.8 Å². The van der Waals surface area contributed by atoms with Gasteiger partial charge in [-0.1, -0.05) is 11.6 Å². The van der Waals surface area contributed by atoms with Gasteiger partial charge in [0.1, 0.15) is 11.0 Å². The van der Waals surface area contributed by atoms with Crippen molar-refractivity contribution in [1.82, 2.24) is 9.88 Å². The van der Waals surface area contributed by atoms with Gasteiger partial charge in [0, 0.05) is 25.8 Å². The van der Waals surface area contributed by atoms with Gasteiger partial charge in [-0.3, -0.25) is 4.79 Å². The minimum absolute atomic E-state index is 0.129. The van der Waals surface area contributed by atoms with E-state index in [1.807, 2.05) is 0 Å². The molecule has 1 amide bonds. The molecule has 0 fully saturated rings. The number of aliphatic hydroxyl groups is 1. The number of nitrogens with zero attached hydrogens (tertiary/aromatic N) is 2. The Balaban J connectivity index is 2.91. The van der Waals surface area contributed by atoms with Crippen molar-refractivity contribution in [3.63, 3.8) is 0 Å². The van der Waals surface area contributed by atoms with Crippen LogP contribution in [0.25, 0.3) is 0 Å². The van der Waals surface area contributed by atoms with Gasteiger partial charge < -0.3 is 20.2 Å². The van der Waals surface area contributed by atoms with Crippen molar-refractivity contribution in [2.75, 3.05) is 38.8 Å². The van der Waals surface area contributed by atoms with Crippen molar-refractivity contribution in [3.05, 3.63) is 22.8 Å². The summed E-state index contributed by atoms with van der Waals surface area (Å²) in [6.45, 7) is 0.845. The number of aliphatic hydroxyl groups excluding tert-OH is 1. The molecule has 0 saturated heterocycles. The molecule has 19 heavy (non-hydrogen) atoms. The minimum atomic E-state index is -0.271. The minimum Gasteiger partial charge on any atom is -0.395 e. The van der Waals surface area contributed by atoms with Gasteiger partial charge in [-0.05, 0) is 12.1 Å². The molecule has 1 rings (SSSR count). The van der Waals surface area contributed by atoms with Gasteiger partial charge in [0.2, 0.25) is 0 Å². The van der Waals surface area contributed by atoms with Gasteiger partial charge >= 0.3 is 0 Å². The number of aromatic nitrogens is 1. The molecule has 0 saturated carbocycles. The number of nitrogen functional groups attached to an aromatic ring is 1. The first-order valence-electron chi connectivity index (χ1n) is 5.65. The summed E-state index contributed by atoms with van der Waals surface area (Å²) in [6, 6.07) is 2.94. The van der Waals surface area contributed by atoms with E-state index in [1.54, 1.807) is 7.11 Å². The van der Waals surface area contributed by atoms with Gasteiger partial charge in [-0.2, -0.15) is 0 Å². The number of rotatable bonds is 7. The summed E-state index contributed by atoms with van der Waals surface area (Å²) in [7, 11) is 1.54. The van der Waals surface area contributed by atoms with Crippen molar-refractivity contribution in [1.29, 1.82) is 0 Å². The number of hydrogen-bond donors (Lipinski definition) is 3. The van der Waals surface area contributed by atoms with Crippen LogP contribution in [-0.2, 0) is 4.74 Å². The maximum Gasteiger partial charge on any atom is 0.254 e. The predicted molar refractivity (Wildman–Crippen MR) is 71.9 cm³/mol. The molecule has 4 N–H and O–H groups in total. The molecule has 0 unspecified atom stereocenters. The lowest BCUT2D eigenvalue weighted by Crippen LogP contribution is -2.36. The van der Waals surface area contributed by atoms with E-state index < -0.39 is 0 Å². The molecule has 0 aliphatic heterocycles. The van der Waals surface area contributed by atoms with Crippen LogP contribution < -0.4 is 11.3 Å². The van der Waals surface area contributed by atoms with Crippen molar-refractivity contribution < 1.29 is 14.6 Å².